The highest BCUT2D eigenvalue weighted by atomic mass is 16.5. The highest BCUT2D eigenvalue weighted by molar-refractivity contribution is 5.91. The van der Waals surface area contributed by atoms with Crippen molar-refractivity contribution in [1.29, 1.82) is 0 Å². The van der Waals surface area contributed by atoms with Gasteiger partial charge in [-0.1, -0.05) is 62.4 Å². The van der Waals surface area contributed by atoms with Gasteiger partial charge < -0.3 is 20.1 Å². The fourth-order valence-electron chi connectivity index (χ4n) is 3.85. The second kappa shape index (κ2) is 11.3. The summed E-state index contributed by atoms with van der Waals surface area (Å²) >= 11 is 0. The molecule has 3 N–H and O–H groups in total. The van der Waals surface area contributed by atoms with Crippen molar-refractivity contribution >= 4 is 28.7 Å². The van der Waals surface area contributed by atoms with Crippen LogP contribution in [0.4, 0.5) is 4.79 Å². The van der Waals surface area contributed by atoms with E-state index in [1.807, 2.05) is 68.4 Å². The Morgan fingerprint density at radius 3 is 2.42 bits per heavy atom. The molecule has 0 bridgehead atoms. The van der Waals surface area contributed by atoms with Gasteiger partial charge in [0.2, 0.25) is 0 Å². The van der Waals surface area contributed by atoms with Gasteiger partial charge in [-0.15, -0.1) is 0 Å². The SMILES string of the molecule is CC(C)C[C@@H](NC(=O)OCc1ccccc1)C(=O)C[C@@H](Cc1c[nH]c2ccccc12)C(=O)O. The molecule has 174 valence electrons. The van der Waals surface area contributed by atoms with E-state index in [-0.39, 0.29) is 31.1 Å². The van der Waals surface area contributed by atoms with Crippen LogP contribution in [0, 0.1) is 11.8 Å². The molecule has 1 heterocycles. The molecule has 7 heteroatoms. The third kappa shape index (κ3) is 6.94. The number of amides is 1. The Bertz CT molecular complexity index is 1090. The molecule has 0 radical (unpaired) electrons. The number of rotatable bonds is 11. The molecule has 33 heavy (non-hydrogen) atoms. The van der Waals surface area contributed by atoms with Gasteiger partial charge in [-0.25, -0.2) is 4.79 Å². The topological polar surface area (TPSA) is 108 Å². The predicted octanol–water partition coefficient (Wildman–Crippen LogP) is 4.71. The molecule has 3 aromatic rings. The maximum Gasteiger partial charge on any atom is 0.408 e. The number of carboxylic acid groups (broad SMARTS) is 1. The Kier molecular flexibility index (Phi) is 8.24. The molecule has 7 nitrogen and oxygen atoms in total. The van der Waals surface area contributed by atoms with Crippen molar-refractivity contribution in [2.75, 3.05) is 0 Å². The zero-order valence-corrected chi connectivity index (χ0v) is 18.9. The van der Waals surface area contributed by atoms with Crippen LogP contribution < -0.4 is 5.32 Å². The van der Waals surface area contributed by atoms with Crippen molar-refractivity contribution in [1.82, 2.24) is 10.3 Å². The van der Waals surface area contributed by atoms with Gasteiger partial charge in [-0.05, 0) is 36.0 Å². The van der Waals surface area contributed by atoms with Gasteiger partial charge >= 0.3 is 12.1 Å². The number of hydrogen-bond donors (Lipinski definition) is 3. The van der Waals surface area contributed by atoms with Gasteiger partial charge in [0.15, 0.2) is 5.78 Å². The molecule has 0 aliphatic carbocycles. The van der Waals surface area contributed by atoms with E-state index in [1.165, 1.54) is 0 Å². The molecule has 0 fully saturated rings. The molecule has 1 amide bonds. The van der Waals surface area contributed by atoms with E-state index in [1.54, 1.807) is 6.20 Å². The second-order valence-electron chi connectivity index (χ2n) is 8.66. The lowest BCUT2D eigenvalue weighted by atomic mass is 9.89. The normalized spacial score (nSPS) is 12.9. The van der Waals surface area contributed by atoms with Gasteiger partial charge in [0, 0.05) is 23.5 Å². The first kappa shape index (κ1) is 24.0. The van der Waals surface area contributed by atoms with Crippen molar-refractivity contribution < 1.29 is 24.2 Å². The van der Waals surface area contributed by atoms with Crippen LogP contribution in [-0.4, -0.2) is 34.0 Å². The monoisotopic (exact) mass is 450 g/mol. The van der Waals surface area contributed by atoms with E-state index in [4.69, 9.17) is 4.74 Å². The second-order valence-corrected chi connectivity index (χ2v) is 8.66. The summed E-state index contributed by atoms with van der Waals surface area (Å²) in [6, 6.07) is 16.1. The van der Waals surface area contributed by atoms with Crippen LogP contribution in [0.1, 0.15) is 37.8 Å². The highest BCUT2D eigenvalue weighted by Crippen LogP contribution is 2.23. The molecule has 0 spiro atoms. The van der Waals surface area contributed by atoms with Crippen LogP contribution in [0.3, 0.4) is 0 Å². The first-order valence-corrected chi connectivity index (χ1v) is 11.1. The number of nitrogens with one attached hydrogen (secondary N) is 2. The summed E-state index contributed by atoms with van der Waals surface area (Å²) in [6.45, 7) is 3.98. The average molecular weight is 451 g/mol. The quantitative estimate of drug-likeness (QED) is 0.392. The molecule has 0 aliphatic heterocycles. The fraction of sp³-hybridized carbons (Fsp3) is 0.346. The van der Waals surface area contributed by atoms with Crippen molar-refractivity contribution in [3.05, 3.63) is 71.9 Å². The Hall–Kier alpha value is -3.61. The van der Waals surface area contributed by atoms with Crippen molar-refractivity contribution in [3.8, 4) is 0 Å². The zero-order valence-electron chi connectivity index (χ0n) is 18.9. The third-order valence-corrected chi connectivity index (χ3v) is 5.54. The minimum absolute atomic E-state index is 0.0909. The first-order valence-electron chi connectivity index (χ1n) is 11.1. The summed E-state index contributed by atoms with van der Waals surface area (Å²) in [5, 5.41) is 13.4. The zero-order chi connectivity index (χ0) is 23.8. The number of ketones is 1. The number of carbonyl (C=O) groups is 3. The number of fused-ring (bicyclic) bond motifs is 1. The van der Waals surface area contributed by atoms with E-state index < -0.39 is 24.0 Å². The van der Waals surface area contributed by atoms with Gasteiger partial charge in [0.05, 0.1) is 12.0 Å². The first-order chi connectivity index (χ1) is 15.8. The Morgan fingerprint density at radius 1 is 1.03 bits per heavy atom. The lowest BCUT2D eigenvalue weighted by molar-refractivity contribution is -0.144. The number of Topliss-reactive ketones (excluding diaryl/α,β-unsaturated/α-hetero) is 1. The highest BCUT2D eigenvalue weighted by Gasteiger charge is 2.29. The number of hydrogen-bond acceptors (Lipinski definition) is 4. The summed E-state index contributed by atoms with van der Waals surface area (Å²) in [6.07, 6.45) is 1.54. The van der Waals surface area contributed by atoms with Crippen LogP contribution in [-0.2, 0) is 27.4 Å². The van der Waals surface area contributed by atoms with Gasteiger partial charge in [-0.2, -0.15) is 0 Å². The Labute approximate surface area is 193 Å². The summed E-state index contributed by atoms with van der Waals surface area (Å²) in [5.74, 6) is -2.12. The largest absolute Gasteiger partial charge is 0.481 e. The average Bonchev–Trinajstić information content (AvgIpc) is 3.20. The van der Waals surface area contributed by atoms with Gasteiger partial charge in [0.1, 0.15) is 6.61 Å². The summed E-state index contributed by atoms with van der Waals surface area (Å²) in [4.78, 5) is 40.5. The number of carbonyl (C=O) groups excluding carboxylic acids is 2. The maximum atomic E-state index is 13.1. The van der Waals surface area contributed by atoms with E-state index in [9.17, 15) is 19.5 Å². The number of aliphatic carboxylic acids is 1. The molecule has 0 unspecified atom stereocenters. The Morgan fingerprint density at radius 2 is 1.73 bits per heavy atom. The fourth-order valence-corrected chi connectivity index (χ4v) is 3.85. The van der Waals surface area contributed by atoms with Crippen LogP contribution in [0.2, 0.25) is 0 Å². The van der Waals surface area contributed by atoms with E-state index in [0.29, 0.717) is 6.42 Å². The number of H-pyrrole nitrogens is 1. The van der Waals surface area contributed by atoms with Crippen molar-refractivity contribution in [2.24, 2.45) is 11.8 Å². The molecular weight excluding hydrogens is 420 g/mol. The number of benzene rings is 2. The Balaban J connectivity index is 1.65. The number of aromatic amines is 1. The lowest BCUT2D eigenvalue weighted by Gasteiger charge is -2.21. The van der Waals surface area contributed by atoms with Crippen LogP contribution in [0.5, 0.6) is 0 Å². The maximum absolute atomic E-state index is 13.1. The van der Waals surface area contributed by atoms with Crippen LogP contribution in [0.15, 0.2) is 60.8 Å². The van der Waals surface area contributed by atoms with Crippen LogP contribution in [0.25, 0.3) is 10.9 Å². The molecule has 0 aliphatic rings. The number of aromatic nitrogens is 1. The van der Waals surface area contributed by atoms with Gasteiger partial charge in [0.25, 0.3) is 0 Å². The van der Waals surface area contributed by atoms with Crippen LogP contribution >= 0.6 is 0 Å². The molecule has 1 aromatic heterocycles. The standard InChI is InChI=1S/C26H30N2O5/c1-17(2)12-23(28-26(32)33-16-18-8-4-3-5-9-18)24(29)14-19(25(30)31)13-20-15-27-22-11-7-6-10-21(20)22/h3-11,15,17,19,23,27H,12-14,16H2,1-2H3,(H,28,32)(H,30,31)/t19-,23-/m1/s1. The minimum atomic E-state index is -1.04. The number of alkyl carbamates (subject to hydrolysis) is 1. The lowest BCUT2D eigenvalue weighted by Crippen LogP contribution is -2.43. The van der Waals surface area contributed by atoms with E-state index in [0.717, 1.165) is 22.0 Å². The summed E-state index contributed by atoms with van der Waals surface area (Å²) in [7, 11) is 0. The van der Waals surface area contributed by atoms with Crippen molar-refractivity contribution in [3.63, 3.8) is 0 Å². The third-order valence-electron chi connectivity index (χ3n) is 5.54. The van der Waals surface area contributed by atoms with Crippen molar-refractivity contribution in [2.45, 2.75) is 45.8 Å². The molecule has 2 aromatic carbocycles. The molecule has 2 atom stereocenters. The minimum Gasteiger partial charge on any atom is -0.481 e. The molecular formula is C26H30N2O5. The number of carboxylic acids is 1. The molecule has 0 saturated heterocycles. The van der Waals surface area contributed by atoms with E-state index in [2.05, 4.69) is 10.3 Å². The molecule has 3 rings (SSSR count). The smallest absolute Gasteiger partial charge is 0.408 e. The van der Waals surface area contributed by atoms with E-state index >= 15 is 0 Å². The number of para-hydroxylation sites is 1. The summed E-state index contributed by atoms with van der Waals surface area (Å²) in [5.41, 5.74) is 2.61. The summed E-state index contributed by atoms with van der Waals surface area (Å²) < 4.78 is 5.25. The van der Waals surface area contributed by atoms with Gasteiger partial charge in [-0.3, -0.25) is 9.59 Å². The molecule has 0 saturated carbocycles. The number of ether oxygens (including phenoxy) is 1. The predicted molar refractivity (Wildman–Crippen MR) is 126 cm³/mol.